The molecule has 0 amide bonds. The molecular formula is C6H9N3. The Balaban J connectivity index is 2.39. The second-order valence-corrected chi connectivity index (χ2v) is 2.26. The van der Waals surface area contributed by atoms with Crippen molar-refractivity contribution in [1.82, 2.24) is 14.9 Å². The first-order valence-electron chi connectivity index (χ1n) is 3.16. The number of nitrogens with zero attached hydrogens (tertiary/aromatic N) is 2. The van der Waals surface area contributed by atoms with Gasteiger partial charge in [-0.25, -0.2) is 4.98 Å². The molecule has 0 fully saturated rings. The van der Waals surface area contributed by atoms with Crippen LogP contribution in [0.2, 0.25) is 0 Å². The van der Waals surface area contributed by atoms with Crippen LogP contribution in [0.4, 0.5) is 0 Å². The van der Waals surface area contributed by atoms with Crippen molar-refractivity contribution in [3.8, 4) is 0 Å². The molecule has 0 saturated carbocycles. The van der Waals surface area contributed by atoms with Crippen LogP contribution in [-0.2, 0) is 13.1 Å². The Bertz CT molecular complexity index is 183. The van der Waals surface area contributed by atoms with Gasteiger partial charge >= 0.3 is 0 Å². The van der Waals surface area contributed by atoms with Crippen LogP contribution >= 0.6 is 0 Å². The maximum Gasteiger partial charge on any atom is 0.0949 e. The summed E-state index contributed by atoms with van der Waals surface area (Å²) in [6.45, 7) is 3.11. The molecule has 0 atom stereocenters. The zero-order valence-corrected chi connectivity index (χ0v) is 5.17. The average Bonchev–Trinajstić information content (AvgIpc) is 2.33. The Morgan fingerprint density at radius 2 is 2.67 bits per heavy atom. The molecule has 0 saturated heterocycles. The molecule has 1 aliphatic heterocycles. The van der Waals surface area contributed by atoms with Crippen molar-refractivity contribution in [2.45, 2.75) is 13.1 Å². The van der Waals surface area contributed by atoms with Crippen LogP contribution in [0.5, 0.6) is 0 Å². The first-order chi connectivity index (χ1) is 4.47. The van der Waals surface area contributed by atoms with Gasteiger partial charge < -0.3 is 9.88 Å². The summed E-state index contributed by atoms with van der Waals surface area (Å²) in [7, 11) is 0. The van der Waals surface area contributed by atoms with Crippen molar-refractivity contribution < 1.29 is 0 Å². The van der Waals surface area contributed by atoms with Gasteiger partial charge in [-0.2, -0.15) is 0 Å². The molecule has 0 bridgehead atoms. The van der Waals surface area contributed by atoms with Crippen molar-refractivity contribution in [2.75, 3.05) is 6.54 Å². The summed E-state index contributed by atoms with van der Waals surface area (Å²) < 4.78 is 2.18. The first kappa shape index (κ1) is 4.99. The van der Waals surface area contributed by atoms with E-state index in [1.807, 2.05) is 12.5 Å². The number of rotatable bonds is 0. The van der Waals surface area contributed by atoms with Gasteiger partial charge in [-0.15, -0.1) is 0 Å². The second kappa shape index (κ2) is 1.84. The number of nitrogens with one attached hydrogen (secondary N) is 1. The number of hydrogen-bond donors (Lipinski definition) is 1. The Morgan fingerprint density at radius 1 is 1.67 bits per heavy atom. The van der Waals surface area contributed by atoms with Crippen LogP contribution in [0, 0.1) is 0 Å². The lowest BCUT2D eigenvalue weighted by molar-refractivity contribution is 0.516. The Labute approximate surface area is 53.7 Å². The van der Waals surface area contributed by atoms with Crippen molar-refractivity contribution in [3.63, 3.8) is 0 Å². The molecule has 0 radical (unpaired) electrons. The van der Waals surface area contributed by atoms with E-state index < -0.39 is 0 Å². The van der Waals surface area contributed by atoms with Crippen molar-refractivity contribution in [3.05, 3.63) is 18.2 Å². The third kappa shape index (κ3) is 0.733. The molecule has 3 heteroatoms. The summed E-state index contributed by atoms with van der Waals surface area (Å²) in [6.07, 6.45) is 3.79. The van der Waals surface area contributed by atoms with Crippen molar-refractivity contribution in [1.29, 1.82) is 0 Å². The molecule has 1 aliphatic rings. The van der Waals surface area contributed by atoms with Gasteiger partial charge in [0.25, 0.3) is 0 Å². The fraction of sp³-hybridized carbons (Fsp3) is 0.500. The summed E-state index contributed by atoms with van der Waals surface area (Å²) in [5, 5.41) is 3.27. The summed E-state index contributed by atoms with van der Waals surface area (Å²) in [4.78, 5) is 4.03. The van der Waals surface area contributed by atoms with Crippen molar-refractivity contribution >= 4 is 0 Å². The lowest BCUT2D eigenvalue weighted by Gasteiger charge is -2.14. The van der Waals surface area contributed by atoms with Gasteiger partial charge in [0.05, 0.1) is 12.0 Å². The van der Waals surface area contributed by atoms with Crippen LogP contribution in [0.25, 0.3) is 0 Å². The Morgan fingerprint density at radius 3 is 3.56 bits per heavy atom. The van der Waals surface area contributed by atoms with Crippen LogP contribution < -0.4 is 5.32 Å². The highest BCUT2D eigenvalue weighted by molar-refractivity contribution is 4.99. The van der Waals surface area contributed by atoms with E-state index >= 15 is 0 Å². The fourth-order valence-electron chi connectivity index (χ4n) is 1.11. The SMILES string of the molecule is c1ncn2c1CNCC2. The fourth-order valence-corrected chi connectivity index (χ4v) is 1.11. The van der Waals surface area contributed by atoms with Gasteiger partial charge in [0.1, 0.15) is 0 Å². The molecule has 1 aromatic rings. The van der Waals surface area contributed by atoms with Crippen molar-refractivity contribution in [2.24, 2.45) is 0 Å². The molecule has 0 unspecified atom stereocenters. The maximum atomic E-state index is 4.03. The zero-order valence-electron chi connectivity index (χ0n) is 5.17. The summed E-state index contributed by atoms with van der Waals surface area (Å²) in [5.74, 6) is 0. The second-order valence-electron chi connectivity index (χ2n) is 2.26. The lowest BCUT2D eigenvalue weighted by atomic mass is 10.4. The number of imidazole rings is 1. The normalized spacial score (nSPS) is 17.3. The molecule has 9 heavy (non-hydrogen) atoms. The molecular weight excluding hydrogens is 114 g/mol. The van der Waals surface area contributed by atoms with E-state index in [9.17, 15) is 0 Å². The molecule has 1 N–H and O–H groups in total. The molecule has 2 heterocycles. The highest BCUT2D eigenvalue weighted by Gasteiger charge is 2.04. The summed E-state index contributed by atoms with van der Waals surface area (Å²) in [6, 6.07) is 0. The quantitative estimate of drug-likeness (QED) is 0.525. The number of fused-ring (bicyclic) bond motifs is 1. The molecule has 0 aliphatic carbocycles. The lowest BCUT2D eigenvalue weighted by Crippen LogP contribution is -2.27. The minimum Gasteiger partial charge on any atom is -0.332 e. The molecule has 3 nitrogen and oxygen atoms in total. The van der Waals surface area contributed by atoms with E-state index in [4.69, 9.17) is 0 Å². The van der Waals surface area contributed by atoms with Gasteiger partial charge in [0, 0.05) is 25.8 Å². The molecule has 48 valence electrons. The van der Waals surface area contributed by atoms with E-state index in [1.54, 1.807) is 0 Å². The maximum absolute atomic E-state index is 4.03. The van der Waals surface area contributed by atoms with Crippen LogP contribution in [0.3, 0.4) is 0 Å². The largest absolute Gasteiger partial charge is 0.332 e. The van der Waals surface area contributed by atoms with Crippen LogP contribution in [0.15, 0.2) is 12.5 Å². The third-order valence-corrected chi connectivity index (χ3v) is 1.63. The molecule has 2 rings (SSSR count). The van der Waals surface area contributed by atoms with Gasteiger partial charge in [-0.1, -0.05) is 0 Å². The molecule has 0 aromatic carbocycles. The van der Waals surface area contributed by atoms with Gasteiger partial charge in [-0.05, 0) is 0 Å². The minimum absolute atomic E-state index is 0.972. The van der Waals surface area contributed by atoms with E-state index in [0.717, 1.165) is 19.6 Å². The van der Waals surface area contributed by atoms with Gasteiger partial charge in [0.2, 0.25) is 0 Å². The number of aromatic nitrogens is 2. The van der Waals surface area contributed by atoms with Crippen LogP contribution in [0.1, 0.15) is 5.69 Å². The highest BCUT2D eigenvalue weighted by Crippen LogP contribution is 2.01. The monoisotopic (exact) mass is 123 g/mol. The van der Waals surface area contributed by atoms with Gasteiger partial charge in [0.15, 0.2) is 0 Å². The van der Waals surface area contributed by atoms with Crippen LogP contribution in [-0.4, -0.2) is 16.1 Å². The third-order valence-electron chi connectivity index (χ3n) is 1.63. The average molecular weight is 123 g/mol. The molecule has 0 spiro atoms. The highest BCUT2D eigenvalue weighted by atomic mass is 15.1. The van der Waals surface area contributed by atoms with E-state index in [2.05, 4.69) is 14.9 Å². The predicted octanol–water partition coefficient (Wildman–Crippen LogP) is -0.0137. The predicted molar refractivity (Wildman–Crippen MR) is 33.9 cm³/mol. The standard InChI is InChI=1S/C6H9N3/c1-2-9-5-8-4-6(9)3-7-1/h4-5,7H,1-3H2. The van der Waals surface area contributed by atoms with Gasteiger partial charge in [-0.3, -0.25) is 0 Å². The smallest absolute Gasteiger partial charge is 0.0949 e. The first-order valence-corrected chi connectivity index (χ1v) is 3.16. The number of hydrogen-bond acceptors (Lipinski definition) is 2. The Kier molecular flexibility index (Phi) is 1.02. The molecule has 1 aromatic heterocycles. The summed E-state index contributed by atoms with van der Waals surface area (Å²) in [5.41, 5.74) is 1.29. The minimum atomic E-state index is 0.972. The zero-order chi connectivity index (χ0) is 6.10. The van der Waals surface area contributed by atoms with E-state index in [-0.39, 0.29) is 0 Å². The summed E-state index contributed by atoms with van der Waals surface area (Å²) >= 11 is 0. The van der Waals surface area contributed by atoms with E-state index in [0.29, 0.717) is 0 Å². The Hall–Kier alpha value is -0.830. The topological polar surface area (TPSA) is 29.9 Å². The van der Waals surface area contributed by atoms with E-state index in [1.165, 1.54) is 5.69 Å².